The highest BCUT2D eigenvalue weighted by molar-refractivity contribution is 7.71. The lowest BCUT2D eigenvalue weighted by molar-refractivity contribution is -0.116. The van der Waals surface area contributed by atoms with E-state index in [4.69, 9.17) is 12.2 Å². The number of imidazole rings is 1. The van der Waals surface area contributed by atoms with E-state index in [1.165, 1.54) is 0 Å². The van der Waals surface area contributed by atoms with Gasteiger partial charge in [-0.2, -0.15) is 5.10 Å². The van der Waals surface area contributed by atoms with Crippen molar-refractivity contribution in [2.75, 3.05) is 5.32 Å². The number of hydrogen-bond acceptors (Lipinski definition) is 4. The number of amides is 1. The summed E-state index contributed by atoms with van der Waals surface area (Å²) in [5.74, 6) is 1.05. The molecule has 142 valence electrons. The maximum Gasteiger partial charge on any atom is 0.246 e. The molecule has 0 atom stereocenters. The highest BCUT2D eigenvalue weighted by atomic mass is 32.1. The van der Waals surface area contributed by atoms with Gasteiger partial charge in [-0.15, -0.1) is 0 Å². The summed E-state index contributed by atoms with van der Waals surface area (Å²) in [6.07, 6.45) is 1.67. The van der Waals surface area contributed by atoms with Crippen LogP contribution in [0.15, 0.2) is 54.6 Å². The number of rotatable bonds is 6. The summed E-state index contributed by atoms with van der Waals surface area (Å²) in [6, 6.07) is 17.6. The molecule has 0 fully saturated rings. The van der Waals surface area contributed by atoms with Gasteiger partial charge in [0.15, 0.2) is 4.77 Å². The summed E-state index contributed by atoms with van der Waals surface area (Å²) < 4.78 is 4.11. The molecule has 8 heteroatoms. The number of aryl methyl sites for hydroxylation is 1. The predicted octanol–water partition coefficient (Wildman–Crippen LogP) is 3.87. The van der Waals surface area contributed by atoms with E-state index >= 15 is 0 Å². The number of aromatic amines is 1. The normalized spacial score (nSPS) is 11.0. The molecule has 1 amide bonds. The van der Waals surface area contributed by atoms with Gasteiger partial charge in [0, 0.05) is 12.1 Å². The lowest BCUT2D eigenvalue weighted by Crippen LogP contribution is -2.22. The third-order valence-corrected chi connectivity index (χ3v) is 4.75. The molecule has 28 heavy (non-hydrogen) atoms. The van der Waals surface area contributed by atoms with Crippen LogP contribution in [0.25, 0.3) is 16.7 Å². The standard InChI is InChI=1S/C20H20N6OS/c1-2-8-17-23-24-20(28)25(17)13-18(27)22-19-21-15-11-6-7-12-16(15)26(19)14-9-4-3-5-10-14/h3-7,9-12H,2,8,13H2,1H3,(H,24,28)(H,21,22,27). The summed E-state index contributed by atoms with van der Waals surface area (Å²) in [5, 5.41) is 9.91. The van der Waals surface area contributed by atoms with Crippen LogP contribution in [0, 0.1) is 4.77 Å². The lowest BCUT2D eigenvalue weighted by Gasteiger charge is -2.11. The Kier molecular flexibility index (Phi) is 5.03. The molecular weight excluding hydrogens is 372 g/mol. The molecule has 0 aliphatic rings. The quantitative estimate of drug-likeness (QED) is 0.488. The van der Waals surface area contributed by atoms with Crippen LogP contribution in [0.5, 0.6) is 0 Å². The second-order valence-corrected chi connectivity index (χ2v) is 6.81. The largest absolute Gasteiger partial charge is 0.295 e. The molecule has 0 bridgehead atoms. The third kappa shape index (κ3) is 3.46. The summed E-state index contributed by atoms with van der Waals surface area (Å²) in [6.45, 7) is 2.15. The van der Waals surface area contributed by atoms with Crippen LogP contribution in [0.4, 0.5) is 5.95 Å². The van der Waals surface area contributed by atoms with Crippen molar-refractivity contribution in [2.24, 2.45) is 0 Å². The van der Waals surface area contributed by atoms with Gasteiger partial charge in [-0.25, -0.2) is 4.98 Å². The first-order chi connectivity index (χ1) is 13.7. The van der Waals surface area contributed by atoms with Gasteiger partial charge in [-0.3, -0.25) is 24.3 Å². The monoisotopic (exact) mass is 392 g/mol. The van der Waals surface area contributed by atoms with E-state index in [2.05, 4.69) is 27.4 Å². The Morgan fingerprint density at radius 2 is 1.89 bits per heavy atom. The first-order valence-electron chi connectivity index (χ1n) is 9.14. The van der Waals surface area contributed by atoms with Gasteiger partial charge in [0.1, 0.15) is 12.4 Å². The molecule has 2 N–H and O–H groups in total. The zero-order valence-corrected chi connectivity index (χ0v) is 16.2. The molecule has 0 spiro atoms. The number of carbonyl (C=O) groups excluding carboxylic acids is 1. The summed E-state index contributed by atoms with van der Waals surface area (Å²) in [4.78, 5) is 17.4. The predicted molar refractivity (Wildman–Crippen MR) is 111 cm³/mol. The third-order valence-electron chi connectivity index (χ3n) is 4.44. The van der Waals surface area contributed by atoms with E-state index in [0.29, 0.717) is 10.7 Å². The summed E-state index contributed by atoms with van der Waals surface area (Å²) >= 11 is 5.27. The van der Waals surface area contributed by atoms with Crippen LogP contribution in [0.3, 0.4) is 0 Å². The Morgan fingerprint density at radius 3 is 2.68 bits per heavy atom. The Bertz CT molecular complexity index is 1170. The van der Waals surface area contributed by atoms with Gasteiger partial charge in [0.25, 0.3) is 0 Å². The van der Waals surface area contributed by atoms with Gasteiger partial charge in [0.2, 0.25) is 11.9 Å². The Hall–Kier alpha value is -3.26. The SMILES string of the molecule is CCCc1n[nH]c(=S)n1CC(=O)Nc1nc2ccccc2n1-c1ccccc1. The molecule has 4 rings (SSSR count). The number of para-hydroxylation sites is 3. The highest BCUT2D eigenvalue weighted by Crippen LogP contribution is 2.24. The van der Waals surface area contributed by atoms with Gasteiger partial charge < -0.3 is 0 Å². The zero-order chi connectivity index (χ0) is 19.5. The molecule has 2 heterocycles. The fourth-order valence-corrected chi connectivity index (χ4v) is 3.40. The number of fused-ring (bicyclic) bond motifs is 1. The zero-order valence-electron chi connectivity index (χ0n) is 15.4. The number of aromatic nitrogens is 5. The summed E-state index contributed by atoms with van der Waals surface area (Å²) in [5.41, 5.74) is 2.67. The molecule has 0 saturated carbocycles. The minimum Gasteiger partial charge on any atom is -0.295 e. The first kappa shape index (κ1) is 18.1. The molecule has 2 aromatic carbocycles. The molecule has 0 aliphatic heterocycles. The number of hydrogen-bond donors (Lipinski definition) is 2. The molecule has 0 unspecified atom stereocenters. The van der Waals surface area contributed by atoms with Crippen LogP contribution in [-0.2, 0) is 17.8 Å². The van der Waals surface area contributed by atoms with Crippen LogP contribution in [-0.4, -0.2) is 30.2 Å². The Morgan fingerprint density at radius 1 is 1.14 bits per heavy atom. The van der Waals surface area contributed by atoms with Crippen LogP contribution >= 0.6 is 12.2 Å². The second-order valence-electron chi connectivity index (χ2n) is 6.42. The molecule has 2 aromatic heterocycles. The minimum absolute atomic E-state index is 0.0860. The van der Waals surface area contributed by atoms with Crippen molar-refractivity contribution in [3.8, 4) is 5.69 Å². The van der Waals surface area contributed by atoms with E-state index in [0.717, 1.165) is 35.4 Å². The minimum atomic E-state index is -0.206. The van der Waals surface area contributed by atoms with Gasteiger partial charge >= 0.3 is 0 Å². The first-order valence-corrected chi connectivity index (χ1v) is 9.55. The average molecular weight is 392 g/mol. The van der Waals surface area contributed by atoms with E-state index in [1.54, 1.807) is 4.57 Å². The van der Waals surface area contributed by atoms with Crippen molar-refractivity contribution < 1.29 is 4.79 Å². The number of benzene rings is 2. The maximum atomic E-state index is 12.8. The van der Waals surface area contributed by atoms with Gasteiger partial charge in [-0.05, 0) is 42.9 Å². The molecule has 0 saturated heterocycles. The summed E-state index contributed by atoms with van der Waals surface area (Å²) in [7, 11) is 0. The van der Waals surface area contributed by atoms with Crippen molar-refractivity contribution in [3.05, 3.63) is 65.2 Å². The number of H-pyrrole nitrogens is 1. The Labute approximate surface area is 167 Å². The highest BCUT2D eigenvalue weighted by Gasteiger charge is 2.16. The molecule has 4 aromatic rings. The van der Waals surface area contributed by atoms with E-state index in [-0.39, 0.29) is 12.5 Å². The fraction of sp³-hybridized carbons (Fsp3) is 0.200. The van der Waals surface area contributed by atoms with Crippen LogP contribution in [0.2, 0.25) is 0 Å². The molecule has 0 aliphatic carbocycles. The van der Waals surface area contributed by atoms with Crippen LogP contribution < -0.4 is 5.32 Å². The lowest BCUT2D eigenvalue weighted by atomic mass is 10.3. The average Bonchev–Trinajstić information content (AvgIpc) is 3.23. The van der Waals surface area contributed by atoms with E-state index < -0.39 is 0 Å². The Balaban J connectivity index is 1.68. The molecular formula is C20H20N6OS. The smallest absolute Gasteiger partial charge is 0.246 e. The van der Waals surface area contributed by atoms with E-state index in [9.17, 15) is 4.79 Å². The number of nitrogens with one attached hydrogen (secondary N) is 2. The van der Waals surface area contributed by atoms with Gasteiger partial charge in [-0.1, -0.05) is 37.3 Å². The van der Waals surface area contributed by atoms with E-state index in [1.807, 2.05) is 59.2 Å². The molecule has 0 radical (unpaired) electrons. The maximum absolute atomic E-state index is 12.8. The van der Waals surface area contributed by atoms with Gasteiger partial charge in [0.05, 0.1) is 11.0 Å². The van der Waals surface area contributed by atoms with Crippen molar-refractivity contribution in [2.45, 2.75) is 26.3 Å². The number of anilines is 1. The number of carbonyl (C=O) groups is 1. The topological polar surface area (TPSA) is 80.5 Å². The second kappa shape index (κ2) is 7.77. The number of nitrogens with zero attached hydrogens (tertiary/aromatic N) is 4. The van der Waals surface area contributed by atoms with Crippen molar-refractivity contribution >= 4 is 35.1 Å². The van der Waals surface area contributed by atoms with Crippen LogP contribution in [0.1, 0.15) is 19.2 Å². The molecule has 7 nitrogen and oxygen atoms in total. The van der Waals surface area contributed by atoms with Crippen molar-refractivity contribution in [1.29, 1.82) is 0 Å². The fourth-order valence-electron chi connectivity index (χ4n) is 3.18. The van der Waals surface area contributed by atoms with Crippen molar-refractivity contribution in [3.63, 3.8) is 0 Å². The van der Waals surface area contributed by atoms with Crippen molar-refractivity contribution in [1.82, 2.24) is 24.3 Å².